The summed E-state index contributed by atoms with van der Waals surface area (Å²) >= 11 is 0. The van der Waals surface area contributed by atoms with Gasteiger partial charge >= 0.3 is 0 Å². The predicted molar refractivity (Wildman–Crippen MR) is 84.6 cm³/mol. The first kappa shape index (κ1) is 15.1. The summed E-state index contributed by atoms with van der Waals surface area (Å²) in [5.41, 5.74) is 2.06. The molecule has 0 fully saturated rings. The van der Waals surface area contributed by atoms with Gasteiger partial charge in [0.1, 0.15) is 11.6 Å². The molecule has 0 saturated carbocycles. The van der Waals surface area contributed by atoms with E-state index in [-0.39, 0.29) is 5.82 Å². The summed E-state index contributed by atoms with van der Waals surface area (Å²) in [7, 11) is 0. The Balaban J connectivity index is 1.42. The summed E-state index contributed by atoms with van der Waals surface area (Å²) in [5, 5.41) is 4.01. The van der Waals surface area contributed by atoms with Gasteiger partial charge in [0.05, 0.1) is 12.8 Å². The molecule has 0 N–H and O–H groups in total. The van der Waals surface area contributed by atoms with Crippen molar-refractivity contribution in [1.29, 1.82) is 0 Å². The Kier molecular flexibility index (Phi) is 4.13. The molecule has 0 spiro atoms. The lowest BCUT2D eigenvalue weighted by molar-refractivity contribution is 0.221. The monoisotopic (exact) mass is 327 g/mol. The summed E-state index contributed by atoms with van der Waals surface area (Å²) in [6.45, 7) is 2.40. The van der Waals surface area contributed by atoms with Gasteiger partial charge in [-0.15, -0.1) is 0 Å². The van der Waals surface area contributed by atoms with Crippen molar-refractivity contribution in [2.24, 2.45) is 0 Å². The Morgan fingerprint density at radius 2 is 2.21 bits per heavy atom. The van der Waals surface area contributed by atoms with Crippen molar-refractivity contribution in [3.63, 3.8) is 0 Å². The van der Waals surface area contributed by atoms with Crippen LogP contribution in [0.25, 0.3) is 0 Å². The zero-order chi connectivity index (χ0) is 16.4. The standard InChI is InChI=1S/C18H18FN3O2/c19-15-4-1-3-13(9-15)10-17-20-18(24-21-17)12-22-7-2-5-16-14(11-22)6-8-23-16/h1,3-4,6,8-9H,2,5,7,10-12H2. The fourth-order valence-corrected chi connectivity index (χ4v) is 3.09. The highest BCUT2D eigenvalue weighted by atomic mass is 19.1. The van der Waals surface area contributed by atoms with E-state index in [2.05, 4.69) is 15.0 Å². The highest BCUT2D eigenvalue weighted by Gasteiger charge is 2.19. The molecule has 3 aromatic rings. The van der Waals surface area contributed by atoms with Crippen LogP contribution in [0.3, 0.4) is 0 Å². The number of aryl methyl sites for hydroxylation is 1. The van der Waals surface area contributed by atoms with Crippen molar-refractivity contribution in [3.8, 4) is 0 Å². The summed E-state index contributed by atoms with van der Waals surface area (Å²) in [6, 6.07) is 8.48. The Bertz CT molecular complexity index is 827. The zero-order valence-electron chi connectivity index (χ0n) is 13.2. The quantitative estimate of drug-likeness (QED) is 0.735. The zero-order valence-corrected chi connectivity index (χ0v) is 13.2. The Labute approximate surface area is 139 Å². The van der Waals surface area contributed by atoms with Crippen LogP contribution in [0, 0.1) is 5.82 Å². The molecule has 6 heteroatoms. The first-order valence-electron chi connectivity index (χ1n) is 8.10. The largest absolute Gasteiger partial charge is 0.469 e. The summed E-state index contributed by atoms with van der Waals surface area (Å²) < 4.78 is 24.1. The minimum Gasteiger partial charge on any atom is -0.469 e. The molecule has 0 bridgehead atoms. The molecule has 0 saturated heterocycles. The average molecular weight is 327 g/mol. The number of halogens is 1. The number of furan rings is 1. The van der Waals surface area contributed by atoms with Crippen LogP contribution < -0.4 is 0 Å². The lowest BCUT2D eigenvalue weighted by atomic mass is 10.1. The minimum atomic E-state index is -0.253. The average Bonchev–Trinajstić information content (AvgIpc) is 3.13. The van der Waals surface area contributed by atoms with Crippen molar-refractivity contribution in [3.05, 3.63) is 71.0 Å². The SMILES string of the molecule is Fc1cccc(Cc2noc(CN3CCCc4occc4C3)n2)c1. The van der Waals surface area contributed by atoms with Gasteiger partial charge in [0.25, 0.3) is 0 Å². The molecule has 4 rings (SSSR count). The molecule has 1 aliphatic rings. The summed E-state index contributed by atoms with van der Waals surface area (Å²) in [5.74, 6) is 1.99. The van der Waals surface area contributed by atoms with E-state index in [1.165, 1.54) is 17.7 Å². The van der Waals surface area contributed by atoms with E-state index in [9.17, 15) is 4.39 Å². The summed E-state index contributed by atoms with van der Waals surface area (Å²) in [4.78, 5) is 6.72. The molecule has 0 atom stereocenters. The summed E-state index contributed by atoms with van der Waals surface area (Å²) in [6.07, 6.45) is 4.23. The fraction of sp³-hybridized carbons (Fsp3) is 0.333. The van der Waals surface area contributed by atoms with E-state index in [0.717, 1.165) is 37.3 Å². The smallest absolute Gasteiger partial charge is 0.240 e. The van der Waals surface area contributed by atoms with E-state index in [1.807, 2.05) is 12.1 Å². The maximum absolute atomic E-state index is 13.2. The van der Waals surface area contributed by atoms with Crippen molar-refractivity contribution in [2.75, 3.05) is 6.54 Å². The van der Waals surface area contributed by atoms with Gasteiger partial charge in [-0.05, 0) is 36.7 Å². The van der Waals surface area contributed by atoms with Gasteiger partial charge in [0, 0.05) is 24.9 Å². The molecule has 0 radical (unpaired) electrons. The lowest BCUT2D eigenvalue weighted by Crippen LogP contribution is -2.22. The number of fused-ring (bicyclic) bond motifs is 1. The van der Waals surface area contributed by atoms with Gasteiger partial charge in [0.15, 0.2) is 5.82 Å². The van der Waals surface area contributed by atoms with Crippen LogP contribution in [0.5, 0.6) is 0 Å². The molecule has 5 nitrogen and oxygen atoms in total. The third kappa shape index (κ3) is 3.38. The van der Waals surface area contributed by atoms with Gasteiger partial charge in [-0.1, -0.05) is 17.3 Å². The Morgan fingerprint density at radius 1 is 1.25 bits per heavy atom. The molecule has 1 aromatic carbocycles. The van der Waals surface area contributed by atoms with E-state index in [4.69, 9.17) is 8.94 Å². The highest BCUT2D eigenvalue weighted by molar-refractivity contribution is 5.20. The number of nitrogens with zero attached hydrogens (tertiary/aromatic N) is 3. The van der Waals surface area contributed by atoms with Crippen LogP contribution in [-0.2, 0) is 25.9 Å². The molecule has 0 unspecified atom stereocenters. The van der Waals surface area contributed by atoms with E-state index in [1.54, 1.807) is 12.3 Å². The van der Waals surface area contributed by atoms with E-state index < -0.39 is 0 Å². The molecule has 2 aromatic heterocycles. The molecule has 124 valence electrons. The number of aromatic nitrogens is 2. The van der Waals surface area contributed by atoms with Crippen LogP contribution in [-0.4, -0.2) is 21.6 Å². The minimum absolute atomic E-state index is 0.253. The van der Waals surface area contributed by atoms with E-state index >= 15 is 0 Å². The van der Waals surface area contributed by atoms with Crippen molar-refractivity contribution in [2.45, 2.75) is 32.4 Å². The van der Waals surface area contributed by atoms with Gasteiger partial charge in [-0.2, -0.15) is 4.98 Å². The lowest BCUT2D eigenvalue weighted by Gasteiger charge is -2.16. The molecular weight excluding hydrogens is 309 g/mol. The number of hydrogen-bond donors (Lipinski definition) is 0. The number of benzene rings is 1. The third-order valence-corrected chi connectivity index (χ3v) is 4.23. The molecule has 1 aliphatic heterocycles. The van der Waals surface area contributed by atoms with Crippen LogP contribution >= 0.6 is 0 Å². The number of rotatable bonds is 4. The Hall–Kier alpha value is -2.47. The highest BCUT2D eigenvalue weighted by Crippen LogP contribution is 2.21. The second-order valence-electron chi connectivity index (χ2n) is 6.09. The first-order valence-corrected chi connectivity index (χ1v) is 8.10. The topological polar surface area (TPSA) is 55.3 Å². The van der Waals surface area contributed by atoms with Crippen molar-refractivity contribution >= 4 is 0 Å². The number of hydrogen-bond acceptors (Lipinski definition) is 5. The molecule has 0 amide bonds. The van der Waals surface area contributed by atoms with Crippen molar-refractivity contribution in [1.82, 2.24) is 15.0 Å². The molecular formula is C18H18FN3O2. The fourth-order valence-electron chi connectivity index (χ4n) is 3.09. The van der Waals surface area contributed by atoms with Gasteiger partial charge in [0.2, 0.25) is 5.89 Å². The van der Waals surface area contributed by atoms with Crippen LogP contribution in [0.15, 0.2) is 45.5 Å². The maximum Gasteiger partial charge on any atom is 0.240 e. The van der Waals surface area contributed by atoms with Gasteiger partial charge < -0.3 is 8.94 Å². The van der Waals surface area contributed by atoms with E-state index in [0.29, 0.717) is 24.7 Å². The van der Waals surface area contributed by atoms with Crippen LogP contribution in [0.2, 0.25) is 0 Å². The van der Waals surface area contributed by atoms with Gasteiger partial charge in [-0.25, -0.2) is 4.39 Å². The predicted octanol–water partition coefficient (Wildman–Crippen LogP) is 3.34. The van der Waals surface area contributed by atoms with Gasteiger partial charge in [-0.3, -0.25) is 4.90 Å². The third-order valence-electron chi connectivity index (χ3n) is 4.23. The van der Waals surface area contributed by atoms with Crippen LogP contribution in [0.4, 0.5) is 4.39 Å². The maximum atomic E-state index is 13.2. The van der Waals surface area contributed by atoms with Crippen LogP contribution in [0.1, 0.15) is 35.0 Å². The first-order chi connectivity index (χ1) is 11.8. The second kappa shape index (κ2) is 6.57. The second-order valence-corrected chi connectivity index (χ2v) is 6.09. The molecule has 24 heavy (non-hydrogen) atoms. The molecule has 0 aliphatic carbocycles. The Morgan fingerprint density at radius 3 is 3.12 bits per heavy atom. The molecule has 3 heterocycles. The van der Waals surface area contributed by atoms with Crippen molar-refractivity contribution < 1.29 is 13.3 Å². The normalized spacial score (nSPS) is 15.2.